The molecule has 2 heterocycles. The summed E-state index contributed by atoms with van der Waals surface area (Å²) in [5, 5.41) is 7.35. The SMILES string of the molecule is O=C(COC(=O)[C@@H](Cc1ccccc1)NC(=O)c1cccs1)Nc1ncc(Cl)cc1Cl. The first-order chi connectivity index (χ1) is 14.9. The lowest BCUT2D eigenvalue weighted by molar-refractivity contribution is -0.149. The summed E-state index contributed by atoms with van der Waals surface area (Å²) in [5.41, 5.74) is 0.831. The van der Waals surface area contributed by atoms with E-state index in [1.165, 1.54) is 23.6 Å². The van der Waals surface area contributed by atoms with Crippen LogP contribution >= 0.6 is 34.5 Å². The summed E-state index contributed by atoms with van der Waals surface area (Å²) in [6.45, 7) is -0.570. The Labute approximate surface area is 192 Å². The largest absolute Gasteiger partial charge is 0.454 e. The summed E-state index contributed by atoms with van der Waals surface area (Å²) in [6, 6.07) is 13.0. The quantitative estimate of drug-likeness (QED) is 0.478. The third kappa shape index (κ3) is 6.78. The van der Waals surface area contributed by atoms with E-state index in [0.717, 1.165) is 5.56 Å². The first kappa shape index (κ1) is 22.7. The average Bonchev–Trinajstić information content (AvgIpc) is 3.29. The molecule has 2 N–H and O–H groups in total. The number of ether oxygens (including phenoxy) is 1. The Kier molecular flexibility index (Phi) is 8.00. The predicted octanol–water partition coefficient (Wildman–Crippen LogP) is 3.97. The lowest BCUT2D eigenvalue weighted by Crippen LogP contribution is -2.43. The van der Waals surface area contributed by atoms with Crippen molar-refractivity contribution in [3.05, 3.63) is 80.6 Å². The van der Waals surface area contributed by atoms with Gasteiger partial charge in [0.1, 0.15) is 6.04 Å². The first-order valence-electron chi connectivity index (χ1n) is 9.08. The highest BCUT2D eigenvalue weighted by atomic mass is 35.5. The van der Waals surface area contributed by atoms with Crippen LogP contribution in [0.2, 0.25) is 10.0 Å². The van der Waals surface area contributed by atoms with Gasteiger partial charge in [0.2, 0.25) is 0 Å². The molecular formula is C21H17Cl2N3O4S. The number of hydrogen-bond acceptors (Lipinski definition) is 6. The Balaban J connectivity index is 1.62. The van der Waals surface area contributed by atoms with E-state index in [2.05, 4.69) is 15.6 Å². The number of thiophene rings is 1. The van der Waals surface area contributed by atoms with Crippen LogP contribution in [-0.2, 0) is 20.7 Å². The molecule has 0 spiro atoms. The van der Waals surface area contributed by atoms with Crippen molar-refractivity contribution in [2.24, 2.45) is 0 Å². The second-order valence-corrected chi connectivity index (χ2v) is 8.12. The smallest absolute Gasteiger partial charge is 0.329 e. The number of amides is 2. The molecule has 0 radical (unpaired) electrons. The number of carbonyl (C=O) groups excluding carboxylic acids is 3. The number of carbonyl (C=O) groups is 3. The van der Waals surface area contributed by atoms with Crippen LogP contribution in [0, 0.1) is 0 Å². The molecule has 0 unspecified atom stereocenters. The molecule has 160 valence electrons. The molecule has 0 saturated heterocycles. The molecule has 1 aromatic carbocycles. The highest BCUT2D eigenvalue weighted by Gasteiger charge is 2.24. The lowest BCUT2D eigenvalue weighted by Gasteiger charge is -2.17. The normalized spacial score (nSPS) is 11.4. The zero-order chi connectivity index (χ0) is 22.2. The maximum absolute atomic E-state index is 12.6. The molecule has 1 atom stereocenters. The van der Waals surface area contributed by atoms with Gasteiger partial charge in [-0.15, -0.1) is 11.3 Å². The number of nitrogens with zero attached hydrogens (tertiary/aromatic N) is 1. The van der Waals surface area contributed by atoms with Crippen molar-refractivity contribution in [3.63, 3.8) is 0 Å². The van der Waals surface area contributed by atoms with Crippen LogP contribution in [0.15, 0.2) is 60.1 Å². The highest BCUT2D eigenvalue weighted by Crippen LogP contribution is 2.22. The monoisotopic (exact) mass is 477 g/mol. The van der Waals surface area contributed by atoms with Crippen molar-refractivity contribution >= 4 is 58.1 Å². The number of pyridine rings is 1. The van der Waals surface area contributed by atoms with Crippen LogP contribution < -0.4 is 10.6 Å². The molecule has 2 amide bonds. The van der Waals surface area contributed by atoms with E-state index < -0.39 is 30.4 Å². The first-order valence-corrected chi connectivity index (χ1v) is 10.7. The summed E-state index contributed by atoms with van der Waals surface area (Å²) < 4.78 is 5.13. The molecule has 0 aliphatic heterocycles. The van der Waals surface area contributed by atoms with Crippen LogP contribution in [0.25, 0.3) is 0 Å². The summed E-state index contributed by atoms with van der Waals surface area (Å²) in [7, 11) is 0. The molecule has 3 aromatic rings. The minimum Gasteiger partial charge on any atom is -0.454 e. The molecule has 7 nitrogen and oxygen atoms in total. The van der Waals surface area contributed by atoms with E-state index in [1.54, 1.807) is 17.5 Å². The predicted molar refractivity (Wildman–Crippen MR) is 120 cm³/mol. The fourth-order valence-corrected chi connectivity index (χ4v) is 3.65. The minimum atomic E-state index is -0.970. The molecule has 2 aromatic heterocycles. The average molecular weight is 478 g/mol. The fraction of sp³-hybridized carbons (Fsp3) is 0.143. The molecule has 0 bridgehead atoms. The van der Waals surface area contributed by atoms with E-state index >= 15 is 0 Å². The van der Waals surface area contributed by atoms with Crippen molar-refractivity contribution in [1.82, 2.24) is 10.3 Å². The number of esters is 1. The molecule has 0 fully saturated rings. The van der Waals surface area contributed by atoms with Gasteiger partial charge in [0, 0.05) is 12.6 Å². The maximum atomic E-state index is 12.6. The third-order valence-electron chi connectivity index (χ3n) is 4.03. The van der Waals surface area contributed by atoms with E-state index in [1.807, 2.05) is 30.3 Å². The molecular weight excluding hydrogens is 461 g/mol. The third-order valence-corrected chi connectivity index (χ3v) is 5.39. The van der Waals surface area contributed by atoms with Crippen molar-refractivity contribution < 1.29 is 19.1 Å². The number of hydrogen-bond donors (Lipinski definition) is 2. The van der Waals surface area contributed by atoms with Gasteiger partial charge in [-0.3, -0.25) is 9.59 Å². The molecule has 0 aliphatic rings. The molecule has 0 saturated carbocycles. The van der Waals surface area contributed by atoms with Gasteiger partial charge in [0.05, 0.1) is 14.9 Å². The number of aromatic nitrogens is 1. The van der Waals surface area contributed by atoms with Gasteiger partial charge in [-0.05, 0) is 23.1 Å². The fourth-order valence-electron chi connectivity index (χ4n) is 2.59. The van der Waals surface area contributed by atoms with Crippen LogP contribution in [0.4, 0.5) is 5.82 Å². The van der Waals surface area contributed by atoms with Crippen molar-refractivity contribution in [1.29, 1.82) is 0 Å². The van der Waals surface area contributed by atoms with Crippen LogP contribution in [0.5, 0.6) is 0 Å². The molecule has 10 heteroatoms. The van der Waals surface area contributed by atoms with Crippen molar-refractivity contribution in [3.8, 4) is 0 Å². The van der Waals surface area contributed by atoms with Crippen LogP contribution in [-0.4, -0.2) is 35.4 Å². The molecule has 3 rings (SSSR count). The topological polar surface area (TPSA) is 97.4 Å². The number of nitrogens with one attached hydrogen (secondary N) is 2. The van der Waals surface area contributed by atoms with Gasteiger partial charge in [-0.1, -0.05) is 59.6 Å². The van der Waals surface area contributed by atoms with E-state index in [4.69, 9.17) is 27.9 Å². The van der Waals surface area contributed by atoms with Gasteiger partial charge >= 0.3 is 5.97 Å². The minimum absolute atomic E-state index is 0.0962. The Bertz CT molecular complexity index is 1060. The Morgan fingerprint density at radius 1 is 1.10 bits per heavy atom. The summed E-state index contributed by atoms with van der Waals surface area (Å²) in [6.07, 6.45) is 1.54. The zero-order valence-electron chi connectivity index (χ0n) is 16.0. The summed E-state index contributed by atoms with van der Waals surface area (Å²) in [5.74, 6) is -1.67. The van der Waals surface area contributed by atoms with Gasteiger partial charge in [-0.2, -0.15) is 0 Å². The zero-order valence-corrected chi connectivity index (χ0v) is 18.3. The Morgan fingerprint density at radius 3 is 2.55 bits per heavy atom. The summed E-state index contributed by atoms with van der Waals surface area (Å²) in [4.78, 5) is 41.6. The second kappa shape index (κ2) is 10.9. The lowest BCUT2D eigenvalue weighted by atomic mass is 10.1. The van der Waals surface area contributed by atoms with Crippen molar-refractivity contribution in [2.75, 3.05) is 11.9 Å². The highest BCUT2D eigenvalue weighted by molar-refractivity contribution is 7.12. The van der Waals surface area contributed by atoms with Crippen molar-refractivity contribution in [2.45, 2.75) is 12.5 Å². The van der Waals surface area contributed by atoms with Gasteiger partial charge in [0.25, 0.3) is 11.8 Å². The van der Waals surface area contributed by atoms with Gasteiger partial charge in [0.15, 0.2) is 12.4 Å². The van der Waals surface area contributed by atoms with Crippen LogP contribution in [0.1, 0.15) is 15.2 Å². The Hall–Kier alpha value is -2.94. The van der Waals surface area contributed by atoms with E-state index in [-0.39, 0.29) is 17.3 Å². The Morgan fingerprint density at radius 2 is 1.87 bits per heavy atom. The van der Waals surface area contributed by atoms with Gasteiger partial charge < -0.3 is 15.4 Å². The second-order valence-electron chi connectivity index (χ2n) is 6.33. The molecule has 0 aliphatic carbocycles. The summed E-state index contributed by atoms with van der Waals surface area (Å²) >= 11 is 13.0. The number of rotatable bonds is 8. The number of benzene rings is 1. The maximum Gasteiger partial charge on any atom is 0.329 e. The number of anilines is 1. The van der Waals surface area contributed by atoms with E-state index in [9.17, 15) is 14.4 Å². The van der Waals surface area contributed by atoms with E-state index in [0.29, 0.717) is 9.90 Å². The standard InChI is InChI=1S/C21H17Cl2N3O4S/c22-14-10-15(23)19(24-11-14)26-18(27)12-30-21(29)16(9-13-5-2-1-3-6-13)25-20(28)17-7-4-8-31-17/h1-8,10-11,16H,9,12H2,(H,25,28)(H,24,26,27)/t16-/m1/s1. The number of halogens is 2. The van der Waals surface area contributed by atoms with Gasteiger partial charge in [-0.25, -0.2) is 9.78 Å². The molecule has 31 heavy (non-hydrogen) atoms. The van der Waals surface area contributed by atoms with Crippen LogP contribution in [0.3, 0.4) is 0 Å².